The number of ether oxygens (including phenoxy) is 2. The molecule has 0 bridgehead atoms. The molecule has 0 aromatic carbocycles. The fourth-order valence-electron chi connectivity index (χ4n) is 4.29. The average molecular weight is 306 g/mol. The van der Waals surface area contributed by atoms with Gasteiger partial charge in [0.15, 0.2) is 5.78 Å². The summed E-state index contributed by atoms with van der Waals surface area (Å²) in [6.45, 7) is 9.28. The summed E-state index contributed by atoms with van der Waals surface area (Å²) in [7, 11) is 2.60. The molecule has 2 aliphatic rings. The molecule has 0 amide bonds. The lowest BCUT2D eigenvalue weighted by atomic mass is 9.53. The van der Waals surface area contributed by atoms with E-state index < -0.39 is 28.1 Å². The van der Waals surface area contributed by atoms with Gasteiger partial charge >= 0.3 is 11.9 Å². The summed E-state index contributed by atoms with van der Waals surface area (Å²) >= 11 is 0. The van der Waals surface area contributed by atoms with Gasteiger partial charge in [0, 0.05) is 11.3 Å². The summed E-state index contributed by atoms with van der Waals surface area (Å²) in [5.74, 6) is -1.80. The van der Waals surface area contributed by atoms with Gasteiger partial charge in [-0.25, -0.2) is 0 Å². The van der Waals surface area contributed by atoms with Gasteiger partial charge in [-0.05, 0) is 26.3 Å². The Morgan fingerprint density at radius 2 is 1.73 bits per heavy atom. The van der Waals surface area contributed by atoms with E-state index in [1.807, 2.05) is 6.92 Å². The number of fused-ring (bicyclic) bond motifs is 1. The van der Waals surface area contributed by atoms with Crippen molar-refractivity contribution in [3.05, 3.63) is 24.3 Å². The van der Waals surface area contributed by atoms with Gasteiger partial charge < -0.3 is 9.47 Å². The highest BCUT2D eigenvalue weighted by Gasteiger charge is 2.69. The number of hydrogen-bond donors (Lipinski definition) is 0. The topological polar surface area (TPSA) is 69.7 Å². The van der Waals surface area contributed by atoms with Crippen LogP contribution in [0.5, 0.6) is 0 Å². The zero-order valence-corrected chi connectivity index (χ0v) is 13.7. The highest BCUT2D eigenvalue weighted by atomic mass is 16.5. The van der Waals surface area contributed by atoms with Gasteiger partial charge in [-0.3, -0.25) is 14.4 Å². The summed E-state index contributed by atoms with van der Waals surface area (Å²) in [4.78, 5) is 37.2. The Labute approximate surface area is 130 Å². The summed E-state index contributed by atoms with van der Waals surface area (Å²) in [5, 5.41) is 0. The second kappa shape index (κ2) is 4.80. The molecule has 0 N–H and O–H groups in total. The van der Waals surface area contributed by atoms with Crippen molar-refractivity contribution in [3.63, 3.8) is 0 Å². The van der Waals surface area contributed by atoms with E-state index in [4.69, 9.17) is 9.47 Å². The molecule has 0 saturated heterocycles. The first-order chi connectivity index (χ1) is 10.1. The Bertz CT molecular complexity index is 604. The molecule has 0 unspecified atom stereocenters. The molecule has 2 rings (SSSR count). The Morgan fingerprint density at radius 3 is 2.23 bits per heavy atom. The molecular formula is C17H22O5. The molecule has 1 fully saturated rings. The van der Waals surface area contributed by atoms with Crippen LogP contribution in [0, 0.1) is 22.2 Å². The maximum atomic E-state index is 12.5. The molecule has 120 valence electrons. The molecule has 5 heteroatoms. The predicted octanol–water partition coefficient (Wildman–Crippen LogP) is 2.07. The van der Waals surface area contributed by atoms with Crippen LogP contribution in [0.4, 0.5) is 0 Å². The molecule has 22 heavy (non-hydrogen) atoms. The third-order valence-electron chi connectivity index (χ3n) is 5.69. The quantitative estimate of drug-likeness (QED) is 0.444. The molecule has 1 saturated carbocycles. The standard InChI is InChI=1S/C17H22O5/c1-10-9-16(3,13(19)21-5)15(2)8-7-11(18)17(4,12(10)15)14(20)22-6/h7-8,12H,1,9H2,2-6H3/t12-,15-,16-,17+/m0/s1. The number of ketones is 1. The lowest BCUT2D eigenvalue weighted by Crippen LogP contribution is -2.54. The average Bonchev–Trinajstić information content (AvgIpc) is 2.70. The van der Waals surface area contributed by atoms with Crippen LogP contribution in [-0.4, -0.2) is 31.9 Å². The molecule has 0 heterocycles. The first kappa shape index (κ1) is 16.5. The van der Waals surface area contributed by atoms with Crippen molar-refractivity contribution in [2.24, 2.45) is 22.2 Å². The molecule has 5 nitrogen and oxygen atoms in total. The second-order valence-corrected chi connectivity index (χ2v) is 6.77. The molecule has 0 aliphatic heterocycles. The van der Waals surface area contributed by atoms with Crippen LogP contribution >= 0.6 is 0 Å². The van der Waals surface area contributed by atoms with Crippen LogP contribution in [0.3, 0.4) is 0 Å². The van der Waals surface area contributed by atoms with Crippen molar-refractivity contribution in [1.82, 2.24) is 0 Å². The number of esters is 2. The van der Waals surface area contributed by atoms with E-state index in [2.05, 4.69) is 6.58 Å². The second-order valence-electron chi connectivity index (χ2n) is 6.77. The normalized spacial score (nSPS) is 40.3. The number of rotatable bonds is 2. The fourth-order valence-corrected chi connectivity index (χ4v) is 4.29. The van der Waals surface area contributed by atoms with Gasteiger partial charge in [0.25, 0.3) is 0 Å². The summed E-state index contributed by atoms with van der Waals surface area (Å²) in [6, 6.07) is 0. The van der Waals surface area contributed by atoms with Crippen LogP contribution < -0.4 is 0 Å². The molecule has 0 radical (unpaired) electrons. The lowest BCUT2D eigenvalue weighted by Gasteiger charge is -2.47. The maximum Gasteiger partial charge on any atom is 0.320 e. The number of carbonyl (C=O) groups is 3. The number of carbonyl (C=O) groups excluding carboxylic acids is 3. The molecule has 0 aromatic rings. The van der Waals surface area contributed by atoms with Crippen LogP contribution in [-0.2, 0) is 23.9 Å². The van der Waals surface area contributed by atoms with Gasteiger partial charge in [0.05, 0.1) is 19.6 Å². The van der Waals surface area contributed by atoms with Crippen LogP contribution in [0.15, 0.2) is 24.3 Å². The van der Waals surface area contributed by atoms with Crippen LogP contribution in [0.25, 0.3) is 0 Å². The van der Waals surface area contributed by atoms with E-state index in [1.54, 1.807) is 19.9 Å². The number of methoxy groups -OCH3 is 2. The fraction of sp³-hybridized carbons (Fsp3) is 0.588. The molecule has 0 spiro atoms. The van der Waals surface area contributed by atoms with E-state index in [0.717, 1.165) is 0 Å². The predicted molar refractivity (Wildman–Crippen MR) is 79.7 cm³/mol. The third kappa shape index (κ3) is 1.68. The van der Waals surface area contributed by atoms with E-state index >= 15 is 0 Å². The summed E-state index contributed by atoms with van der Waals surface area (Å²) in [5.41, 5.74) is -2.30. The third-order valence-corrected chi connectivity index (χ3v) is 5.69. The van der Waals surface area contributed by atoms with E-state index in [1.165, 1.54) is 20.3 Å². The minimum absolute atomic E-state index is 0.322. The molecule has 4 atom stereocenters. The van der Waals surface area contributed by atoms with Gasteiger partial charge in [-0.2, -0.15) is 0 Å². The molecular weight excluding hydrogens is 284 g/mol. The minimum Gasteiger partial charge on any atom is -0.469 e. The molecule has 0 aromatic heterocycles. The van der Waals surface area contributed by atoms with Crippen LogP contribution in [0.1, 0.15) is 27.2 Å². The van der Waals surface area contributed by atoms with Crippen molar-refractivity contribution in [3.8, 4) is 0 Å². The zero-order chi connectivity index (χ0) is 16.9. The highest BCUT2D eigenvalue weighted by molar-refractivity contribution is 6.11. The van der Waals surface area contributed by atoms with E-state index in [9.17, 15) is 14.4 Å². The Morgan fingerprint density at radius 1 is 1.18 bits per heavy atom. The smallest absolute Gasteiger partial charge is 0.320 e. The van der Waals surface area contributed by atoms with E-state index in [0.29, 0.717) is 12.0 Å². The first-order valence-corrected chi connectivity index (χ1v) is 7.17. The first-order valence-electron chi connectivity index (χ1n) is 7.17. The van der Waals surface area contributed by atoms with Crippen LogP contribution in [0.2, 0.25) is 0 Å². The summed E-state index contributed by atoms with van der Waals surface area (Å²) < 4.78 is 9.84. The van der Waals surface area contributed by atoms with Crippen molar-refractivity contribution < 1.29 is 23.9 Å². The number of allylic oxidation sites excluding steroid dienone is 3. The lowest BCUT2D eigenvalue weighted by molar-refractivity contribution is -0.168. The van der Waals surface area contributed by atoms with Crippen molar-refractivity contribution >= 4 is 17.7 Å². The minimum atomic E-state index is -1.37. The SMILES string of the molecule is C=C1C[C@@](C)(C(=O)OC)[C@@]2(C)C=CC(=O)[C@@](C)(C(=O)OC)[C@@H]12. The maximum absolute atomic E-state index is 12.5. The monoisotopic (exact) mass is 306 g/mol. The Balaban J connectivity index is 2.70. The van der Waals surface area contributed by atoms with Gasteiger partial charge in [-0.1, -0.05) is 25.2 Å². The summed E-state index contributed by atoms with van der Waals surface area (Å²) in [6.07, 6.45) is 3.47. The largest absolute Gasteiger partial charge is 0.469 e. The Kier molecular flexibility index (Phi) is 3.59. The van der Waals surface area contributed by atoms with Crippen molar-refractivity contribution in [1.29, 1.82) is 0 Å². The van der Waals surface area contributed by atoms with Gasteiger partial charge in [0.1, 0.15) is 5.41 Å². The van der Waals surface area contributed by atoms with Gasteiger partial charge in [0.2, 0.25) is 0 Å². The van der Waals surface area contributed by atoms with Gasteiger partial charge in [-0.15, -0.1) is 0 Å². The highest BCUT2D eigenvalue weighted by Crippen LogP contribution is 2.66. The van der Waals surface area contributed by atoms with Crippen molar-refractivity contribution in [2.45, 2.75) is 27.2 Å². The zero-order valence-electron chi connectivity index (χ0n) is 13.7. The Hall–Kier alpha value is -1.91. The number of hydrogen-bond acceptors (Lipinski definition) is 5. The van der Waals surface area contributed by atoms with E-state index in [-0.39, 0.29) is 11.8 Å². The molecule has 2 aliphatic carbocycles. The van der Waals surface area contributed by atoms with Crippen molar-refractivity contribution in [2.75, 3.05) is 14.2 Å².